The first kappa shape index (κ1) is 15.2. The lowest BCUT2D eigenvalue weighted by Crippen LogP contribution is -2.43. The molecule has 1 unspecified atom stereocenters. The molecule has 2 rings (SSSR count). The Bertz CT molecular complexity index is 542. The third kappa shape index (κ3) is 3.91. The number of para-hydroxylation sites is 1. The van der Waals surface area contributed by atoms with Crippen molar-refractivity contribution in [3.63, 3.8) is 0 Å². The lowest BCUT2D eigenvalue weighted by atomic mass is 10.2. The van der Waals surface area contributed by atoms with Gasteiger partial charge in [0.2, 0.25) is 0 Å². The van der Waals surface area contributed by atoms with E-state index in [1.165, 1.54) is 13.2 Å². The number of nitro benzene ring substituents is 1. The van der Waals surface area contributed by atoms with Gasteiger partial charge in [-0.05, 0) is 25.3 Å². The number of methoxy groups -OCH3 is 1. The lowest BCUT2D eigenvalue weighted by Gasteiger charge is -2.17. The molecule has 0 saturated heterocycles. The number of carbonyl (C=O) groups is 1. The summed E-state index contributed by atoms with van der Waals surface area (Å²) in [5.74, 6) is -0.243. The van der Waals surface area contributed by atoms with Gasteiger partial charge in [0, 0.05) is 12.1 Å². The van der Waals surface area contributed by atoms with E-state index in [0.717, 1.165) is 12.8 Å². The van der Waals surface area contributed by atoms with Gasteiger partial charge in [0.1, 0.15) is 12.6 Å². The highest BCUT2D eigenvalue weighted by atomic mass is 16.6. The quantitative estimate of drug-likeness (QED) is 0.466. The van der Waals surface area contributed by atoms with Gasteiger partial charge in [0.15, 0.2) is 5.75 Å². The molecule has 21 heavy (non-hydrogen) atoms. The predicted molar refractivity (Wildman–Crippen MR) is 75.3 cm³/mol. The summed E-state index contributed by atoms with van der Waals surface area (Å²) in [6.07, 6.45) is 2.02. The Hall–Kier alpha value is -2.15. The molecule has 1 aromatic rings. The van der Waals surface area contributed by atoms with E-state index >= 15 is 0 Å². The summed E-state index contributed by atoms with van der Waals surface area (Å²) >= 11 is 0. The van der Waals surface area contributed by atoms with Gasteiger partial charge < -0.3 is 9.47 Å². The Labute approximate surface area is 122 Å². The van der Waals surface area contributed by atoms with Crippen LogP contribution in [0.1, 0.15) is 18.4 Å². The van der Waals surface area contributed by atoms with Crippen molar-refractivity contribution in [1.29, 1.82) is 0 Å². The van der Waals surface area contributed by atoms with Gasteiger partial charge in [-0.1, -0.05) is 12.1 Å². The first-order valence-electron chi connectivity index (χ1n) is 6.73. The number of aryl methyl sites for hydroxylation is 1. The molecule has 0 bridgehead atoms. The molecule has 1 aliphatic carbocycles. The van der Waals surface area contributed by atoms with Crippen LogP contribution in [0.4, 0.5) is 5.69 Å². The molecule has 7 nitrogen and oxygen atoms in total. The molecule has 0 heterocycles. The highest BCUT2D eigenvalue weighted by Gasteiger charge is 2.30. The molecule has 114 valence electrons. The van der Waals surface area contributed by atoms with Gasteiger partial charge in [-0.15, -0.1) is 0 Å². The molecule has 1 fully saturated rings. The minimum atomic E-state index is -0.623. The minimum absolute atomic E-state index is 0.00509. The summed E-state index contributed by atoms with van der Waals surface area (Å²) in [5, 5.41) is 14.1. The maximum Gasteiger partial charge on any atom is 0.326 e. The zero-order chi connectivity index (χ0) is 15.4. The van der Waals surface area contributed by atoms with Crippen molar-refractivity contribution < 1.29 is 19.2 Å². The molecule has 1 aliphatic rings. The molecule has 1 N–H and O–H groups in total. The maximum absolute atomic E-state index is 11.7. The number of hydrogen-bond donors (Lipinski definition) is 1. The van der Waals surface area contributed by atoms with E-state index in [4.69, 9.17) is 9.47 Å². The zero-order valence-electron chi connectivity index (χ0n) is 12.0. The second-order valence-corrected chi connectivity index (χ2v) is 5.01. The average molecular weight is 294 g/mol. The standard InChI is InChI=1S/C14H18N2O5/c1-9-4-3-5-12(16(18)19)13(9)21-8-11(14(17)20-2)15-10-6-7-10/h3-5,10-11,15H,6-8H2,1-2H3. The first-order chi connectivity index (χ1) is 10.0. The van der Waals surface area contributed by atoms with Gasteiger partial charge in [-0.25, -0.2) is 0 Å². The summed E-state index contributed by atoms with van der Waals surface area (Å²) in [7, 11) is 1.31. The minimum Gasteiger partial charge on any atom is -0.484 e. The Morgan fingerprint density at radius 3 is 2.81 bits per heavy atom. The lowest BCUT2D eigenvalue weighted by molar-refractivity contribution is -0.385. The molecular formula is C14H18N2O5. The molecular weight excluding hydrogens is 276 g/mol. The van der Waals surface area contributed by atoms with Crippen molar-refractivity contribution >= 4 is 11.7 Å². The number of nitro groups is 1. The van der Waals surface area contributed by atoms with Crippen LogP contribution in [-0.2, 0) is 9.53 Å². The van der Waals surface area contributed by atoms with E-state index in [1.807, 2.05) is 0 Å². The number of ether oxygens (including phenoxy) is 2. The van der Waals surface area contributed by atoms with Crippen molar-refractivity contribution in [2.24, 2.45) is 0 Å². The molecule has 1 atom stereocenters. The van der Waals surface area contributed by atoms with Crippen LogP contribution in [0.2, 0.25) is 0 Å². The van der Waals surface area contributed by atoms with Crippen LogP contribution >= 0.6 is 0 Å². The fourth-order valence-electron chi connectivity index (χ4n) is 2.00. The van der Waals surface area contributed by atoms with Crippen LogP contribution in [0.3, 0.4) is 0 Å². The Kier molecular flexibility index (Phi) is 4.74. The van der Waals surface area contributed by atoms with Crippen LogP contribution in [0, 0.1) is 17.0 Å². The van der Waals surface area contributed by atoms with Gasteiger partial charge in [-0.3, -0.25) is 20.2 Å². The topological polar surface area (TPSA) is 90.7 Å². The number of carbonyl (C=O) groups excluding carboxylic acids is 1. The number of rotatable bonds is 7. The van der Waals surface area contributed by atoms with E-state index in [0.29, 0.717) is 11.6 Å². The second-order valence-electron chi connectivity index (χ2n) is 5.01. The predicted octanol–water partition coefficient (Wildman–Crippen LogP) is 1.58. The van der Waals surface area contributed by atoms with Crippen molar-refractivity contribution in [3.8, 4) is 5.75 Å². The number of nitrogens with zero attached hydrogens (tertiary/aromatic N) is 1. The highest BCUT2D eigenvalue weighted by molar-refractivity contribution is 5.76. The summed E-state index contributed by atoms with van der Waals surface area (Å²) in [6.45, 7) is 1.72. The van der Waals surface area contributed by atoms with E-state index in [9.17, 15) is 14.9 Å². The van der Waals surface area contributed by atoms with Gasteiger partial charge >= 0.3 is 11.7 Å². The largest absolute Gasteiger partial charge is 0.484 e. The monoisotopic (exact) mass is 294 g/mol. The molecule has 7 heteroatoms. The molecule has 0 amide bonds. The number of benzene rings is 1. The molecule has 1 aromatic carbocycles. The Morgan fingerprint density at radius 2 is 2.24 bits per heavy atom. The smallest absolute Gasteiger partial charge is 0.326 e. The van der Waals surface area contributed by atoms with Crippen molar-refractivity contribution in [2.75, 3.05) is 13.7 Å². The van der Waals surface area contributed by atoms with Crippen LogP contribution in [0.5, 0.6) is 5.75 Å². The fraction of sp³-hybridized carbons (Fsp3) is 0.500. The highest BCUT2D eigenvalue weighted by Crippen LogP contribution is 2.30. The molecule has 1 saturated carbocycles. The van der Waals surface area contributed by atoms with Crippen LogP contribution in [-0.4, -0.2) is 36.7 Å². The summed E-state index contributed by atoms with van der Waals surface area (Å²) in [6, 6.07) is 4.38. The van der Waals surface area contributed by atoms with Crippen molar-refractivity contribution in [3.05, 3.63) is 33.9 Å². The van der Waals surface area contributed by atoms with E-state index in [-0.39, 0.29) is 18.0 Å². The Balaban J connectivity index is 2.09. The van der Waals surface area contributed by atoms with Crippen LogP contribution in [0.25, 0.3) is 0 Å². The molecule has 0 radical (unpaired) electrons. The number of nitrogens with one attached hydrogen (secondary N) is 1. The van der Waals surface area contributed by atoms with Crippen molar-refractivity contribution in [2.45, 2.75) is 31.8 Å². The summed E-state index contributed by atoms with van der Waals surface area (Å²) < 4.78 is 10.3. The van der Waals surface area contributed by atoms with Crippen molar-refractivity contribution in [1.82, 2.24) is 5.32 Å². The van der Waals surface area contributed by atoms with E-state index < -0.39 is 16.9 Å². The number of esters is 1. The third-order valence-electron chi connectivity index (χ3n) is 3.28. The zero-order valence-corrected chi connectivity index (χ0v) is 12.0. The third-order valence-corrected chi connectivity index (χ3v) is 3.28. The van der Waals surface area contributed by atoms with E-state index in [2.05, 4.69) is 5.32 Å². The summed E-state index contributed by atoms with van der Waals surface area (Å²) in [5.41, 5.74) is 0.546. The Morgan fingerprint density at radius 1 is 1.52 bits per heavy atom. The van der Waals surface area contributed by atoms with Crippen LogP contribution in [0.15, 0.2) is 18.2 Å². The molecule has 0 aromatic heterocycles. The van der Waals surface area contributed by atoms with Gasteiger partial charge in [0.05, 0.1) is 12.0 Å². The molecule has 0 aliphatic heterocycles. The van der Waals surface area contributed by atoms with Crippen LogP contribution < -0.4 is 10.1 Å². The molecule has 0 spiro atoms. The maximum atomic E-state index is 11.7. The average Bonchev–Trinajstić information content (AvgIpc) is 3.27. The van der Waals surface area contributed by atoms with Gasteiger partial charge in [-0.2, -0.15) is 0 Å². The number of hydrogen-bond acceptors (Lipinski definition) is 6. The summed E-state index contributed by atoms with van der Waals surface area (Å²) in [4.78, 5) is 22.2. The fourth-order valence-corrected chi connectivity index (χ4v) is 2.00. The van der Waals surface area contributed by atoms with Gasteiger partial charge in [0.25, 0.3) is 0 Å². The first-order valence-corrected chi connectivity index (χ1v) is 6.73. The second kappa shape index (κ2) is 6.53. The SMILES string of the molecule is COC(=O)C(COc1c(C)cccc1[N+](=O)[O-])NC1CC1. The normalized spacial score (nSPS) is 15.3. The van der Waals surface area contributed by atoms with E-state index in [1.54, 1.807) is 19.1 Å².